The molecule has 98 valence electrons. The van der Waals surface area contributed by atoms with Gasteiger partial charge in [-0.3, -0.25) is 0 Å². The lowest BCUT2D eigenvalue weighted by Crippen LogP contribution is -2.49. The van der Waals surface area contributed by atoms with Crippen molar-refractivity contribution >= 4 is 23.1 Å². The van der Waals surface area contributed by atoms with Crippen LogP contribution in [0.15, 0.2) is 24.3 Å². The number of rotatable bonds is 2. The second kappa shape index (κ2) is 5.02. The predicted octanol–water partition coefficient (Wildman–Crippen LogP) is 1.65. The number of para-hydroxylation sites is 2. The summed E-state index contributed by atoms with van der Waals surface area (Å²) >= 11 is 1.99. The molecule has 1 fully saturated rings. The third-order valence-electron chi connectivity index (χ3n) is 4.11. The maximum atomic E-state index is 3.54. The van der Waals surface area contributed by atoms with Crippen molar-refractivity contribution < 1.29 is 0 Å². The van der Waals surface area contributed by atoms with Crippen molar-refractivity contribution in [3.8, 4) is 0 Å². The molecule has 0 bridgehead atoms. The molecule has 2 atom stereocenters. The topological polar surface area (TPSA) is 18.5 Å². The van der Waals surface area contributed by atoms with E-state index >= 15 is 0 Å². The Bertz CT molecular complexity index is 423. The number of hydrogen-bond acceptors (Lipinski definition) is 4. The van der Waals surface area contributed by atoms with Gasteiger partial charge in [0.1, 0.15) is 0 Å². The highest BCUT2D eigenvalue weighted by Gasteiger charge is 2.34. The molecular formula is C14H21N3S. The number of hydrogen-bond donors (Lipinski definition) is 1. The number of nitrogens with one attached hydrogen (secondary N) is 1. The van der Waals surface area contributed by atoms with Crippen LogP contribution in [0.5, 0.6) is 0 Å². The lowest BCUT2D eigenvalue weighted by atomic mass is 10.1. The van der Waals surface area contributed by atoms with Gasteiger partial charge in [0.2, 0.25) is 0 Å². The fourth-order valence-corrected chi connectivity index (χ4v) is 3.91. The van der Waals surface area contributed by atoms with E-state index in [-0.39, 0.29) is 0 Å². The van der Waals surface area contributed by atoms with Crippen LogP contribution in [-0.4, -0.2) is 50.8 Å². The van der Waals surface area contributed by atoms with E-state index in [2.05, 4.69) is 52.7 Å². The minimum absolute atomic E-state index is 0.634. The Morgan fingerprint density at radius 2 is 1.94 bits per heavy atom. The minimum Gasteiger partial charge on any atom is -0.371 e. The molecule has 1 aromatic rings. The van der Waals surface area contributed by atoms with Crippen molar-refractivity contribution in [1.82, 2.24) is 5.32 Å². The zero-order valence-electron chi connectivity index (χ0n) is 11.1. The monoisotopic (exact) mass is 263 g/mol. The molecule has 0 saturated carbocycles. The third kappa shape index (κ3) is 1.97. The number of likely N-dealkylation sites (N-methyl/N-ethyl adjacent to an activating group) is 1. The average Bonchev–Trinajstić information content (AvgIpc) is 2.88. The number of nitrogens with zero attached hydrogens (tertiary/aromatic N) is 2. The molecule has 2 unspecified atom stereocenters. The molecule has 0 aromatic heterocycles. The van der Waals surface area contributed by atoms with Crippen LogP contribution < -0.4 is 15.1 Å². The Morgan fingerprint density at radius 1 is 1.17 bits per heavy atom. The second-order valence-electron chi connectivity index (χ2n) is 5.10. The first-order valence-corrected chi connectivity index (χ1v) is 7.90. The van der Waals surface area contributed by atoms with E-state index in [4.69, 9.17) is 0 Å². The van der Waals surface area contributed by atoms with Gasteiger partial charge >= 0.3 is 0 Å². The Morgan fingerprint density at radius 3 is 2.72 bits per heavy atom. The van der Waals surface area contributed by atoms with Gasteiger partial charge in [-0.25, -0.2) is 0 Å². The first kappa shape index (κ1) is 12.2. The molecule has 0 radical (unpaired) electrons. The van der Waals surface area contributed by atoms with E-state index in [0.29, 0.717) is 11.3 Å². The van der Waals surface area contributed by atoms with Gasteiger partial charge in [0.25, 0.3) is 0 Å². The van der Waals surface area contributed by atoms with Gasteiger partial charge in [0.15, 0.2) is 0 Å². The van der Waals surface area contributed by atoms with Gasteiger partial charge in [0, 0.05) is 38.5 Å². The fourth-order valence-electron chi connectivity index (χ4n) is 3.07. The highest BCUT2D eigenvalue weighted by atomic mass is 32.2. The van der Waals surface area contributed by atoms with E-state index in [9.17, 15) is 0 Å². The number of thioether (sulfide) groups is 1. The second-order valence-corrected chi connectivity index (χ2v) is 6.18. The highest BCUT2D eigenvalue weighted by Crippen LogP contribution is 2.35. The summed E-state index contributed by atoms with van der Waals surface area (Å²) in [6.45, 7) is 4.51. The first-order valence-electron chi connectivity index (χ1n) is 6.61. The van der Waals surface area contributed by atoms with E-state index < -0.39 is 0 Å². The molecular weight excluding hydrogens is 242 g/mol. The molecule has 3 rings (SSSR count). The van der Waals surface area contributed by atoms with E-state index in [1.54, 1.807) is 0 Å². The molecule has 3 nitrogen and oxygen atoms in total. The maximum absolute atomic E-state index is 3.54. The van der Waals surface area contributed by atoms with Gasteiger partial charge in [0.05, 0.1) is 17.4 Å². The predicted molar refractivity (Wildman–Crippen MR) is 81.0 cm³/mol. The Labute approximate surface area is 114 Å². The fraction of sp³-hybridized carbons (Fsp3) is 0.571. The molecule has 2 aliphatic heterocycles. The molecule has 1 saturated heterocycles. The van der Waals surface area contributed by atoms with Gasteiger partial charge < -0.3 is 15.1 Å². The average molecular weight is 263 g/mol. The highest BCUT2D eigenvalue weighted by molar-refractivity contribution is 7.99. The van der Waals surface area contributed by atoms with Crippen LogP contribution in [0, 0.1) is 0 Å². The van der Waals surface area contributed by atoms with Gasteiger partial charge in [-0.15, -0.1) is 0 Å². The summed E-state index contributed by atoms with van der Waals surface area (Å²) in [5.41, 5.74) is 2.77. The van der Waals surface area contributed by atoms with Crippen LogP contribution >= 0.6 is 11.8 Å². The molecule has 2 aliphatic rings. The Balaban J connectivity index is 1.92. The zero-order valence-corrected chi connectivity index (χ0v) is 11.9. The van der Waals surface area contributed by atoms with Crippen molar-refractivity contribution in [2.24, 2.45) is 0 Å². The molecule has 2 heterocycles. The largest absolute Gasteiger partial charge is 0.371 e. The van der Waals surface area contributed by atoms with Crippen LogP contribution in [-0.2, 0) is 0 Å². The summed E-state index contributed by atoms with van der Waals surface area (Å²) < 4.78 is 0. The summed E-state index contributed by atoms with van der Waals surface area (Å²) in [5.74, 6) is 0. The van der Waals surface area contributed by atoms with Gasteiger partial charge in [-0.1, -0.05) is 12.1 Å². The minimum atomic E-state index is 0.634. The van der Waals surface area contributed by atoms with Crippen molar-refractivity contribution in [3.63, 3.8) is 0 Å². The van der Waals surface area contributed by atoms with E-state index in [0.717, 1.165) is 26.2 Å². The Hall–Kier alpha value is -0.870. The van der Waals surface area contributed by atoms with Crippen molar-refractivity contribution in [3.05, 3.63) is 24.3 Å². The normalized spacial score (nSPS) is 27.4. The standard InChI is InChI=1S/C14H21N3S/c1-16-7-8-17(12-6-4-3-5-11(12)16)13-9-15-10-14(13)18-2/h3-6,13-15H,7-10H2,1-2H3. The van der Waals surface area contributed by atoms with E-state index in [1.165, 1.54) is 11.4 Å². The lowest BCUT2D eigenvalue weighted by molar-refractivity contribution is 0.621. The molecule has 0 aliphatic carbocycles. The zero-order chi connectivity index (χ0) is 12.5. The van der Waals surface area contributed by atoms with Crippen LogP contribution in [0.1, 0.15) is 0 Å². The molecule has 0 amide bonds. The number of benzene rings is 1. The quantitative estimate of drug-likeness (QED) is 0.874. The molecule has 1 aromatic carbocycles. The maximum Gasteiger partial charge on any atom is 0.0607 e. The SMILES string of the molecule is CSC1CNCC1N1CCN(C)c2ccccc21. The van der Waals surface area contributed by atoms with Gasteiger partial charge in [-0.2, -0.15) is 11.8 Å². The summed E-state index contributed by atoms with van der Waals surface area (Å²) in [6.07, 6.45) is 2.23. The van der Waals surface area contributed by atoms with Crippen LogP contribution in [0.3, 0.4) is 0 Å². The summed E-state index contributed by atoms with van der Waals surface area (Å²) in [4.78, 5) is 4.97. The summed E-state index contributed by atoms with van der Waals surface area (Å²) in [7, 11) is 2.19. The van der Waals surface area contributed by atoms with Gasteiger partial charge in [-0.05, 0) is 18.4 Å². The summed E-state index contributed by atoms with van der Waals surface area (Å²) in [5, 5.41) is 4.25. The molecule has 0 spiro atoms. The number of anilines is 2. The Kier molecular flexibility index (Phi) is 3.39. The van der Waals surface area contributed by atoms with Crippen molar-refractivity contribution in [2.75, 3.05) is 49.3 Å². The first-order chi connectivity index (χ1) is 8.81. The lowest BCUT2D eigenvalue weighted by Gasteiger charge is -2.41. The molecule has 18 heavy (non-hydrogen) atoms. The van der Waals surface area contributed by atoms with Crippen LogP contribution in [0.4, 0.5) is 11.4 Å². The molecule has 4 heteroatoms. The molecule has 1 N–H and O–H groups in total. The van der Waals surface area contributed by atoms with E-state index in [1.807, 2.05) is 11.8 Å². The number of fused-ring (bicyclic) bond motifs is 1. The third-order valence-corrected chi connectivity index (χ3v) is 5.20. The van der Waals surface area contributed by atoms with Crippen molar-refractivity contribution in [2.45, 2.75) is 11.3 Å². The summed E-state index contributed by atoms with van der Waals surface area (Å²) in [6, 6.07) is 9.42. The van der Waals surface area contributed by atoms with Crippen LogP contribution in [0.25, 0.3) is 0 Å². The van der Waals surface area contributed by atoms with Crippen LogP contribution in [0.2, 0.25) is 0 Å². The van der Waals surface area contributed by atoms with Crippen molar-refractivity contribution in [1.29, 1.82) is 0 Å². The smallest absolute Gasteiger partial charge is 0.0607 e.